The summed E-state index contributed by atoms with van der Waals surface area (Å²) in [4.78, 5) is 12.0. The molecule has 31 heavy (non-hydrogen) atoms. The molecule has 0 heterocycles. The summed E-state index contributed by atoms with van der Waals surface area (Å²) in [6.07, 6.45) is 0.703. The minimum Gasteiger partial charge on any atom is -0.566 e. The number of rotatable bonds is 7. The van der Waals surface area contributed by atoms with E-state index in [-0.39, 0.29) is 0 Å². The van der Waals surface area contributed by atoms with Crippen LogP contribution in [-0.4, -0.2) is 0 Å². The van der Waals surface area contributed by atoms with E-state index in [1.165, 1.54) is 0 Å². The molecule has 0 aliphatic heterocycles. The monoisotopic (exact) mass is 468 g/mol. The van der Waals surface area contributed by atoms with Crippen molar-refractivity contribution in [1.82, 2.24) is 0 Å². The molecule has 0 fully saturated rings. The van der Waals surface area contributed by atoms with Gasteiger partial charge in [-0.2, -0.15) is 0 Å². The highest BCUT2D eigenvalue weighted by Gasteiger charge is 2.41. The largest absolute Gasteiger partial charge is 0.566 e. The Morgan fingerprint density at radius 1 is 0.742 bits per heavy atom. The number of hydrogen-bond acceptors (Lipinski definition) is 3. The second kappa shape index (κ2) is 9.48. The standard InChI is InChI=1S/C25H19Cl2O3P/c26-21-12-8-18(9-13-21)16-25(30-31(28)29,17-19-10-14-22(27)15-11-19)24-7-3-5-20-4-1-2-6-23(20)24/h1-15H,16-17H2. The molecule has 0 bridgehead atoms. The topological polar surface area (TPSA) is 49.4 Å². The molecule has 0 aliphatic rings. The van der Waals surface area contributed by atoms with E-state index in [0.29, 0.717) is 22.9 Å². The number of fused-ring (bicyclic) bond motifs is 1. The Morgan fingerprint density at radius 3 is 1.81 bits per heavy atom. The molecule has 3 nitrogen and oxygen atoms in total. The van der Waals surface area contributed by atoms with Gasteiger partial charge in [-0.1, -0.05) is 89.9 Å². The molecule has 1 unspecified atom stereocenters. The maximum atomic E-state index is 12.0. The fraction of sp³-hybridized carbons (Fsp3) is 0.120. The van der Waals surface area contributed by atoms with Crippen LogP contribution in [0.2, 0.25) is 10.0 Å². The van der Waals surface area contributed by atoms with Crippen LogP contribution < -0.4 is 4.89 Å². The van der Waals surface area contributed by atoms with E-state index in [0.717, 1.165) is 27.5 Å². The predicted octanol–water partition coefficient (Wildman–Crippen LogP) is 6.86. The lowest BCUT2D eigenvalue weighted by molar-refractivity contribution is -0.197. The van der Waals surface area contributed by atoms with E-state index >= 15 is 0 Å². The van der Waals surface area contributed by atoms with Gasteiger partial charge in [0.05, 0.1) is 0 Å². The number of benzene rings is 4. The van der Waals surface area contributed by atoms with Gasteiger partial charge in [0.2, 0.25) is 0 Å². The van der Waals surface area contributed by atoms with Crippen molar-refractivity contribution in [2.75, 3.05) is 0 Å². The van der Waals surface area contributed by atoms with E-state index in [4.69, 9.17) is 27.7 Å². The Morgan fingerprint density at radius 2 is 1.26 bits per heavy atom. The third-order valence-corrected chi connectivity index (χ3v) is 6.34. The zero-order chi connectivity index (χ0) is 21.8. The van der Waals surface area contributed by atoms with Gasteiger partial charge in [-0.15, -0.1) is 4.52 Å². The molecule has 4 aromatic carbocycles. The van der Waals surface area contributed by atoms with E-state index in [1.807, 2.05) is 66.7 Å². The first kappa shape index (κ1) is 22.0. The van der Waals surface area contributed by atoms with E-state index in [1.54, 1.807) is 24.3 Å². The van der Waals surface area contributed by atoms with Crippen LogP contribution in [0.15, 0.2) is 91.0 Å². The molecule has 0 aromatic heterocycles. The normalized spacial score (nSPS) is 12.2. The quantitative estimate of drug-likeness (QED) is 0.278. The molecule has 6 heteroatoms. The van der Waals surface area contributed by atoms with E-state index < -0.39 is 13.9 Å². The maximum Gasteiger partial charge on any atom is 0.489 e. The van der Waals surface area contributed by atoms with E-state index in [2.05, 4.69) is 0 Å². The van der Waals surface area contributed by atoms with Crippen LogP contribution >= 0.6 is 31.5 Å². The Kier molecular flexibility index (Phi) is 6.71. The minimum atomic E-state index is -3.12. The summed E-state index contributed by atoms with van der Waals surface area (Å²) >= 11 is 12.1. The lowest BCUT2D eigenvalue weighted by atomic mass is 9.80. The van der Waals surface area contributed by atoms with Crippen molar-refractivity contribution >= 4 is 42.2 Å². The van der Waals surface area contributed by atoms with Gasteiger partial charge >= 0.3 is 8.25 Å². The van der Waals surface area contributed by atoms with Crippen LogP contribution in [0, 0.1) is 0 Å². The molecule has 0 N–H and O–H groups in total. The molecular weight excluding hydrogens is 450 g/mol. The van der Waals surface area contributed by atoms with Crippen LogP contribution in [0.1, 0.15) is 16.7 Å². The highest BCUT2D eigenvalue weighted by atomic mass is 35.5. The molecule has 156 valence electrons. The Bertz CT molecular complexity index is 1150. The summed E-state index contributed by atoms with van der Waals surface area (Å²) in [6.45, 7) is 0. The second-order valence-corrected chi connectivity index (χ2v) is 8.95. The van der Waals surface area contributed by atoms with Crippen molar-refractivity contribution in [3.05, 3.63) is 118 Å². The zero-order valence-electron chi connectivity index (χ0n) is 16.5. The van der Waals surface area contributed by atoms with Crippen LogP contribution in [0.4, 0.5) is 0 Å². The van der Waals surface area contributed by atoms with Crippen molar-refractivity contribution in [2.24, 2.45) is 0 Å². The van der Waals surface area contributed by atoms with Gasteiger partial charge in [-0.3, -0.25) is 0 Å². The van der Waals surface area contributed by atoms with Gasteiger partial charge in [0.1, 0.15) is 0 Å². The molecule has 1 atom stereocenters. The third kappa shape index (κ3) is 5.15. The van der Waals surface area contributed by atoms with Gasteiger partial charge in [0, 0.05) is 22.9 Å². The average Bonchev–Trinajstić information content (AvgIpc) is 2.76. The fourth-order valence-corrected chi connectivity index (χ4v) is 4.76. The van der Waals surface area contributed by atoms with Gasteiger partial charge in [0.15, 0.2) is 5.60 Å². The summed E-state index contributed by atoms with van der Waals surface area (Å²) in [6, 6.07) is 28.5. The van der Waals surface area contributed by atoms with Crippen LogP contribution in [0.5, 0.6) is 0 Å². The smallest absolute Gasteiger partial charge is 0.489 e. The summed E-state index contributed by atoms with van der Waals surface area (Å²) < 4.78 is 17.8. The van der Waals surface area contributed by atoms with Gasteiger partial charge < -0.3 is 4.89 Å². The average molecular weight is 469 g/mol. The van der Waals surface area contributed by atoms with Crippen molar-refractivity contribution in [3.8, 4) is 0 Å². The molecule has 4 rings (SSSR count). The van der Waals surface area contributed by atoms with Crippen molar-refractivity contribution in [1.29, 1.82) is 0 Å². The first-order valence-electron chi connectivity index (χ1n) is 9.76. The predicted molar refractivity (Wildman–Crippen MR) is 125 cm³/mol. The summed E-state index contributed by atoms with van der Waals surface area (Å²) in [5.41, 5.74) is 1.51. The summed E-state index contributed by atoms with van der Waals surface area (Å²) in [5.74, 6) is 0. The lowest BCUT2D eigenvalue weighted by Gasteiger charge is -2.31. The van der Waals surface area contributed by atoms with Crippen LogP contribution in [0.25, 0.3) is 10.8 Å². The Balaban J connectivity index is 1.92. The molecule has 0 amide bonds. The molecule has 0 saturated carbocycles. The first-order valence-corrected chi connectivity index (χ1v) is 11.6. The highest BCUT2D eigenvalue weighted by Crippen LogP contribution is 2.42. The molecule has 0 radical (unpaired) electrons. The molecule has 0 aliphatic carbocycles. The van der Waals surface area contributed by atoms with Crippen LogP contribution in [-0.2, 0) is 27.5 Å². The zero-order valence-corrected chi connectivity index (χ0v) is 18.9. The Hall–Kier alpha value is -2.26. The lowest BCUT2D eigenvalue weighted by Crippen LogP contribution is -2.34. The van der Waals surface area contributed by atoms with Crippen molar-refractivity contribution in [3.63, 3.8) is 0 Å². The van der Waals surface area contributed by atoms with Gasteiger partial charge in [0.25, 0.3) is 0 Å². The molecule has 4 aromatic rings. The first-order chi connectivity index (χ1) is 14.9. The van der Waals surface area contributed by atoms with Crippen molar-refractivity contribution in [2.45, 2.75) is 18.4 Å². The maximum absolute atomic E-state index is 12.0. The second-order valence-electron chi connectivity index (χ2n) is 7.44. The van der Waals surface area contributed by atoms with Crippen molar-refractivity contribution < 1.29 is 14.0 Å². The molecule has 0 saturated heterocycles. The number of halogens is 2. The summed E-state index contributed by atoms with van der Waals surface area (Å²) in [5, 5.41) is 3.20. The van der Waals surface area contributed by atoms with E-state index in [9.17, 15) is 9.46 Å². The summed E-state index contributed by atoms with van der Waals surface area (Å²) in [7, 11) is -3.12. The van der Waals surface area contributed by atoms with Crippen LogP contribution in [0.3, 0.4) is 0 Å². The fourth-order valence-electron chi connectivity index (χ4n) is 4.00. The SMILES string of the molecule is O=[P+]([O-])OC(Cc1ccc(Cl)cc1)(Cc1ccc(Cl)cc1)c1cccc2ccccc12. The molecular formula is C25H19Cl2O3P. The van der Waals surface area contributed by atoms with Gasteiger partial charge in [-0.05, 0) is 56.3 Å². The van der Waals surface area contributed by atoms with Gasteiger partial charge in [-0.25, -0.2) is 0 Å². The highest BCUT2D eigenvalue weighted by molar-refractivity contribution is 7.30. The molecule has 0 spiro atoms. The Labute approximate surface area is 192 Å². The minimum absolute atomic E-state index is 0.351. The number of hydrogen-bond donors (Lipinski definition) is 0. The third-order valence-electron chi connectivity index (χ3n) is 5.34.